The number of nitrogens with one attached hydrogen (secondary N) is 1. The predicted molar refractivity (Wildman–Crippen MR) is 185 cm³/mol. The molecule has 2 atom stereocenters. The Morgan fingerprint density at radius 3 is 2.64 bits per heavy atom. The Labute approximate surface area is 289 Å². The second kappa shape index (κ2) is 13.3. The Morgan fingerprint density at radius 2 is 1.88 bits per heavy atom. The molecule has 3 aromatic carbocycles. The van der Waals surface area contributed by atoms with Crippen molar-refractivity contribution in [3.8, 4) is 22.9 Å². The number of H-pyrrole nitrogens is 1. The fourth-order valence-electron chi connectivity index (χ4n) is 6.68. The summed E-state index contributed by atoms with van der Waals surface area (Å²) in [6.07, 6.45) is 1.87. The lowest BCUT2D eigenvalue weighted by atomic mass is 9.77. The highest BCUT2D eigenvalue weighted by atomic mass is 32.2. The SMILES string of the molecule is CC(CC(=O)O)c1cccc(C2(C)CCOC(C)(C)CS(=O)(=O)CCc3c(c(F)cc4[nH]ccc34)Oc3ccc(F)c(c3)-c3nc2nn3C)c1. The van der Waals surface area contributed by atoms with Crippen molar-refractivity contribution in [1.29, 1.82) is 0 Å². The summed E-state index contributed by atoms with van der Waals surface area (Å²) < 4.78 is 72.2. The molecule has 2 aromatic heterocycles. The number of hydrogen-bond acceptors (Lipinski definition) is 7. The highest BCUT2D eigenvalue weighted by Crippen LogP contribution is 2.39. The molecule has 0 saturated carbocycles. The number of benzene rings is 3. The summed E-state index contributed by atoms with van der Waals surface area (Å²) in [6, 6.07) is 14.6. The zero-order valence-electron chi connectivity index (χ0n) is 28.6. The van der Waals surface area contributed by atoms with Crippen LogP contribution in [0.1, 0.15) is 69.0 Å². The molecular formula is C37H40F2N4O6S. The molecule has 6 rings (SSSR count). The lowest BCUT2D eigenvalue weighted by Crippen LogP contribution is -2.37. The van der Waals surface area contributed by atoms with Gasteiger partial charge < -0.3 is 19.6 Å². The molecule has 1 aliphatic rings. The van der Waals surface area contributed by atoms with Crippen LogP contribution in [0.25, 0.3) is 22.3 Å². The van der Waals surface area contributed by atoms with E-state index in [1.54, 1.807) is 33.2 Å². The fraction of sp³-hybridized carbons (Fsp3) is 0.378. The molecule has 5 aromatic rings. The van der Waals surface area contributed by atoms with Crippen molar-refractivity contribution in [3.63, 3.8) is 0 Å². The zero-order chi connectivity index (χ0) is 36.0. The number of nitrogens with zero attached hydrogens (tertiary/aromatic N) is 3. The monoisotopic (exact) mass is 706 g/mol. The van der Waals surface area contributed by atoms with Crippen molar-refractivity contribution >= 4 is 26.7 Å². The number of aliphatic carboxylic acids is 1. The number of carboxylic acid groups (broad SMARTS) is 1. The number of aromatic nitrogens is 4. The molecule has 4 bridgehead atoms. The average Bonchev–Trinajstić information content (AvgIpc) is 3.67. The number of rotatable bonds is 4. The first-order valence-corrected chi connectivity index (χ1v) is 18.2. The molecule has 0 saturated heterocycles. The molecule has 2 N–H and O–H groups in total. The topological polar surface area (TPSA) is 136 Å². The maximum atomic E-state index is 15.7. The summed E-state index contributed by atoms with van der Waals surface area (Å²) in [4.78, 5) is 19.3. The highest BCUT2D eigenvalue weighted by molar-refractivity contribution is 7.91. The Morgan fingerprint density at radius 1 is 1.10 bits per heavy atom. The molecule has 264 valence electrons. The van der Waals surface area contributed by atoms with Gasteiger partial charge >= 0.3 is 5.97 Å². The van der Waals surface area contributed by atoms with Gasteiger partial charge in [-0.25, -0.2) is 26.9 Å². The number of hydrogen-bond donors (Lipinski definition) is 2. The Hall–Kier alpha value is -4.62. The molecule has 0 spiro atoms. The van der Waals surface area contributed by atoms with E-state index in [1.807, 2.05) is 38.1 Å². The van der Waals surface area contributed by atoms with Crippen LogP contribution in [-0.4, -0.2) is 63.0 Å². The number of ether oxygens (including phenoxy) is 2. The van der Waals surface area contributed by atoms with E-state index in [0.29, 0.717) is 28.7 Å². The minimum absolute atomic E-state index is 0.0325. The summed E-state index contributed by atoms with van der Waals surface area (Å²) in [7, 11) is -2.07. The van der Waals surface area contributed by atoms with Crippen molar-refractivity contribution in [3.05, 3.63) is 94.9 Å². The third-order valence-electron chi connectivity index (χ3n) is 9.42. The Bertz CT molecular complexity index is 2200. The Kier molecular flexibility index (Phi) is 9.33. The molecule has 2 unspecified atom stereocenters. The number of carbonyl (C=O) groups is 1. The predicted octanol–water partition coefficient (Wildman–Crippen LogP) is 7.07. The molecular weight excluding hydrogens is 666 g/mol. The van der Waals surface area contributed by atoms with Crippen molar-refractivity contribution in [2.75, 3.05) is 18.1 Å². The van der Waals surface area contributed by atoms with E-state index in [4.69, 9.17) is 19.6 Å². The molecule has 0 amide bonds. The standard InChI is InChI=1S/C37H40F2N4O6S/c1-22(17-32(44)45)23-7-6-8-24(18-23)37(4)13-15-48-36(2,3)21-50(46,47)16-12-27-26-11-14-40-31(26)20-30(39)33(27)49-25-9-10-29(38)28(19-25)34-41-35(37)42-43(34)5/h6-11,14,18-20,22,40H,12-13,15-17,21H2,1-5H3,(H,44,45). The van der Waals surface area contributed by atoms with Crippen LogP contribution >= 0.6 is 0 Å². The maximum absolute atomic E-state index is 15.7. The largest absolute Gasteiger partial charge is 0.481 e. The van der Waals surface area contributed by atoms with Crippen molar-refractivity contribution in [1.82, 2.24) is 19.7 Å². The molecule has 13 heteroatoms. The summed E-state index contributed by atoms with van der Waals surface area (Å²) in [5.74, 6) is -2.52. The molecule has 0 radical (unpaired) electrons. The third-order valence-corrected chi connectivity index (χ3v) is 11.4. The second-order valence-corrected chi connectivity index (χ2v) is 16.1. The van der Waals surface area contributed by atoms with Crippen molar-refractivity contribution < 1.29 is 36.6 Å². The van der Waals surface area contributed by atoms with Crippen LogP contribution in [0.15, 0.2) is 60.8 Å². The second-order valence-electron chi connectivity index (χ2n) is 13.9. The van der Waals surface area contributed by atoms with Gasteiger partial charge in [0.25, 0.3) is 0 Å². The van der Waals surface area contributed by atoms with E-state index in [2.05, 4.69) is 4.98 Å². The highest BCUT2D eigenvalue weighted by Gasteiger charge is 2.37. The minimum atomic E-state index is -3.72. The van der Waals surface area contributed by atoms with Crippen LogP contribution in [0.2, 0.25) is 0 Å². The van der Waals surface area contributed by atoms with Gasteiger partial charge in [0, 0.05) is 42.4 Å². The van der Waals surface area contributed by atoms with Gasteiger partial charge in [0.05, 0.1) is 34.5 Å². The first kappa shape index (κ1) is 35.2. The van der Waals surface area contributed by atoms with Gasteiger partial charge in [0.15, 0.2) is 33.1 Å². The van der Waals surface area contributed by atoms with Crippen LogP contribution in [-0.2, 0) is 38.3 Å². The molecule has 0 aliphatic carbocycles. The lowest BCUT2D eigenvalue weighted by Gasteiger charge is -2.31. The zero-order valence-corrected chi connectivity index (χ0v) is 29.4. The molecule has 3 heterocycles. The molecule has 50 heavy (non-hydrogen) atoms. The van der Waals surface area contributed by atoms with Crippen LogP contribution in [0, 0.1) is 11.6 Å². The van der Waals surface area contributed by atoms with Gasteiger partial charge in [-0.2, -0.15) is 5.10 Å². The number of carboxylic acids is 1. The molecule has 1 aliphatic heterocycles. The van der Waals surface area contributed by atoms with Crippen molar-refractivity contribution in [2.45, 2.75) is 63.9 Å². The number of fused-ring (bicyclic) bond motifs is 8. The fourth-order valence-corrected chi connectivity index (χ4v) is 8.48. The number of aryl methyl sites for hydroxylation is 2. The average molecular weight is 707 g/mol. The van der Waals surface area contributed by atoms with Gasteiger partial charge in [-0.1, -0.05) is 31.2 Å². The van der Waals surface area contributed by atoms with Gasteiger partial charge in [-0.3, -0.25) is 4.79 Å². The van der Waals surface area contributed by atoms with Crippen LogP contribution < -0.4 is 4.74 Å². The number of aromatic amines is 1. The first-order chi connectivity index (χ1) is 23.5. The Balaban J connectivity index is 1.50. The maximum Gasteiger partial charge on any atom is 0.303 e. The quantitative estimate of drug-likeness (QED) is 0.203. The van der Waals surface area contributed by atoms with Gasteiger partial charge in [-0.15, -0.1) is 0 Å². The van der Waals surface area contributed by atoms with E-state index in [-0.39, 0.29) is 59.8 Å². The molecule has 0 fully saturated rings. The van der Waals surface area contributed by atoms with Crippen molar-refractivity contribution in [2.24, 2.45) is 7.05 Å². The normalized spacial score (nSPS) is 19.9. The first-order valence-electron chi connectivity index (χ1n) is 16.4. The van der Waals surface area contributed by atoms with Gasteiger partial charge in [0.1, 0.15) is 11.6 Å². The van der Waals surface area contributed by atoms with E-state index in [9.17, 15) is 18.3 Å². The number of halogens is 2. The van der Waals surface area contributed by atoms with Crippen LogP contribution in [0.5, 0.6) is 11.5 Å². The summed E-state index contributed by atoms with van der Waals surface area (Å²) in [5.41, 5.74) is 0.515. The van der Waals surface area contributed by atoms with Gasteiger partial charge in [-0.05, 0) is 74.9 Å². The summed E-state index contributed by atoms with van der Waals surface area (Å²) in [5, 5.41) is 14.8. The van der Waals surface area contributed by atoms with Gasteiger partial charge in [0.2, 0.25) is 0 Å². The van der Waals surface area contributed by atoms with Crippen LogP contribution in [0.3, 0.4) is 0 Å². The number of sulfone groups is 1. The molecule has 10 nitrogen and oxygen atoms in total. The lowest BCUT2D eigenvalue weighted by molar-refractivity contribution is -0.137. The van der Waals surface area contributed by atoms with Crippen LogP contribution in [0.4, 0.5) is 8.78 Å². The van der Waals surface area contributed by atoms with E-state index < -0.39 is 38.5 Å². The minimum Gasteiger partial charge on any atom is -0.481 e. The smallest absolute Gasteiger partial charge is 0.303 e. The third kappa shape index (κ3) is 7.15. The van der Waals surface area contributed by atoms with E-state index >= 15 is 8.78 Å². The summed E-state index contributed by atoms with van der Waals surface area (Å²) in [6.45, 7) is 7.31. The summed E-state index contributed by atoms with van der Waals surface area (Å²) >= 11 is 0. The van der Waals surface area contributed by atoms with E-state index in [0.717, 1.165) is 11.1 Å². The van der Waals surface area contributed by atoms with E-state index in [1.165, 1.54) is 28.9 Å².